The minimum absolute atomic E-state index is 0.0174. The Kier molecular flexibility index (Phi) is 3.55. The standard InChI is InChI=1S/C20H26O3/c1-11-6-13-8-12(2)15(21)9-16-19(3,4)10-17(22)20(16,5)18(23)14(13)7-11/h6,8,11,14,16H,7,9-10H2,1-5H3/b12-8-/t11?,14-,16+,20-/m0/s1. The van der Waals surface area contributed by atoms with Gasteiger partial charge in [0.25, 0.3) is 0 Å². The topological polar surface area (TPSA) is 51.2 Å². The van der Waals surface area contributed by atoms with Crippen LogP contribution in [0, 0.1) is 28.6 Å². The maximum Gasteiger partial charge on any atom is 0.158 e. The molecule has 4 atom stereocenters. The molecule has 1 fully saturated rings. The average molecular weight is 314 g/mol. The molecule has 3 aliphatic rings. The summed E-state index contributed by atoms with van der Waals surface area (Å²) in [4.78, 5) is 38.9. The van der Waals surface area contributed by atoms with Crippen LogP contribution in [0.4, 0.5) is 0 Å². The molecule has 0 aromatic heterocycles. The third-order valence-corrected chi connectivity index (χ3v) is 6.36. The molecule has 0 bridgehead atoms. The molecule has 1 saturated carbocycles. The fourth-order valence-electron chi connectivity index (χ4n) is 4.95. The van der Waals surface area contributed by atoms with Crippen molar-refractivity contribution in [3.8, 4) is 0 Å². The lowest BCUT2D eigenvalue weighted by atomic mass is 9.64. The molecule has 0 amide bonds. The second-order valence-electron chi connectivity index (χ2n) is 8.59. The van der Waals surface area contributed by atoms with Gasteiger partial charge in [0.15, 0.2) is 11.6 Å². The molecule has 0 aromatic carbocycles. The SMILES string of the molecule is C/C1=C/C2=CC(C)C[C@@H]2C(=O)[C@]2(C)C(=O)CC(C)(C)[C@H]2CC1=O. The van der Waals surface area contributed by atoms with Crippen LogP contribution >= 0.6 is 0 Å². The first-order chi connectivity index (χ1) is 10.6. The Morgan fingerprint density at radius 3 is 2.43 bits per heavy atom. The third-order valence-electron chi connectivity index (χ3n) is 6.36. The van der Waals surface area contributed by atoms with Gasteiger partial charge >= 0.3 is 0 Å². The fraction of sp³-hybridized carbons (Fsp3) is 0.650. The highest BCUT2D eigenvalue weighted by Gasteiger charge is 2.61. The summed E-state index contributed by atoms with van der Waals surface area (Å²) >= 11 is 0. The number of carbonyl (C=O) groups is 3. The predicted octanol–water partition coefficient (Wildman–Crippen LogP) is 3.68. The van der Waals surface area contributed by atoms with Gasteiger partial charge in [0, 0.05) is 18.8 Å². The van der Waals surface area contributed by atoms with Crippen molar-refractivity contribution >= 4 is 17.3 Å². The van der Waals surface area contributed by atoms with E-state index in [0.717, 1.165) is 12.0 Å². The normalized spacial score (nSPS) is 42.1. The molecule has 3 heteroatoms. The molecule has 0 radical (unpaired) electrons. The van der Waals surface area contributed by atoms with Gasteiger partial charge in [-0.2, -0.15) is 0 Å². The molecule has 0 heterocycles. The first kappa shape index (κ1) is 16.4. The highest BCUT2D eigenvalue weighted by molar-refractivity contribution is 6.12. The molecule has 3 nitrogen and oxygen atoms in total. The first-order valence-corrected chi connectivity index (χ1v) is 8.58. The van der Waals surface area contributed by atoms with Crippen LogP contribution in [0.2, 0.25) is 0 Å². The van der Waals surface area contributed by atoms with Crippen molar-refractivity contribution in [1.29, 1.82) is 0 Å². The van der Waals surface area contributed by atoms with Gasteiger partial charge in [-0.3, -0.25) is 14.4 Å². The van der Waals surface area contributed by atoms with Crippen molar-refractivity contribution < 1.29 is 14.4 Å². The Hall–Kier alpha value is -1.51. The monoisotopic (exact) mass is 314 g/mol. The summed E-state index contributed by atoms with van der Waals surface area (Å²) in [7, 11) is 0. The molecule has 1 unspecified atom stereocenters. The van der Waals surface area contributed by atoms with E-state index in [2.05, 4.69) is 13.0 Å². The van der Waals surface area contributed by atoms with Gasteiger partial charge in [-0.25, -0.2) is 0 Å². The number of ketones is 3. The number of carbonyl (C=O) groups excluding carboxylic acids is 3. The Morgan fingerprint density at radius 2 is 1.78 bits per heavy atom. The van der Waals surface area contributed by atoms with Gasteiger partial charge in [-0.1, -0.05) is 32.9 Å². The first-order valence-electron chi connectivity index (χ1n) is 8.58. The van der Waals surface area contributed by atoms with E-state index in [1.165, 1.54) is 0 Å². The Labute approximate surface area is 138 Å². The second-order valence-corrected chi connectivity index (χ2v) is 8.59. The summed E-state index contributed by atoms with van der Waals surface area (Å²) in [6.45, 7) is 9.76. The smallest absolute Gasteiger partial charge is 0.158 e. The van der Waals surface area contributed by atoms with Crippen LogP contribution in [0.25, 0.3) is 0 Å². The molecule has 0 spiro atoms. The van der Waals surface area contributed by atoms with Crippen molar-refractivity contribution in [2.75, 3.05) is 0 Å². The van der Waals surface area contributed by atoms with E-state index >= 15 is 0 Å². The largest absolute Gasteiger partial charge is 0.299 e. The number of Topliss-reactive ketones (excluding diaryl/α,β-unsaturated/α-hetero) is 3. The van der Waals surface area contributed by atoms with E-state index in [-0.39, 0.29) is 34.6 Å². The van der Waals surface area contributed by atoms with E-state index in [4.69, 9.17) is 0 Å². The summed E-state index contributed by atoms with van der Waals surface area (Å²) in [6.07, 6.45) is 5.40. The molecule has 0 aromatic rings. The van der Waals surface area contributed by atoms with Crippen molar-refractivity contribution in [2.45, 2.75) is 53.9 Å². The van der Waals surface area contributed by atoms with Crippen molar-refractivity contribution in [2.24, 2.45) is 28.6 Å². The number of hydrogen-bond acceptors (Lipinski definition) is 3. The highest BCUT2D eigenvalue weighted by Crippen LogP contribution is 2.56. The number of allylic oxidation sites excluding steroid dienone is 4. The molecule has 23 heavy (non-hydrogen) atoms. The molecule has 0 N–H and O–H groups in total. The highest BCUT2D eigenvalue weighted by atomic mass is 16.2. The molecule has 0 aliphatic heterocycles. The maximum absolute atomic E-state index is 13.4. The lowest BCUT2D eigenvalue weighted by Gasteiger charge is -2.36. The number of hydrogen-bond donors (Lipinski definition) is 0. The van der Waals surface area contributed by atoms with Crippen LogP contribution in [-0.4, -0.2) is 17.3 Å². The van der Waals surface area contributed by atoms with E-state index in [0.29, 0.717) is 24.3 Å². The van der Waals surface area contributed by atoms with Gasteiger partial charge in [-0.05, 0) is 48.7 Å². The zero-order valence-electron chi connectivity index (χ0n) is 14.7. The molecular weight excluding hydrogens is 288 g/mol. The van der Waals surface area contributed by atoms with Gasteiger partial charge in [0.05, 0.1) is 5.41 Å². The zero-order chi connectivity index (χ0) is 17.2. The maximum atomic E-state index is 13.4. The Balaban J connectivity index is 2.17. The van der Waals surface area contributed by atoms with Crippen LogP contribution in [0.3, 0.4) is 0 Å². The van der Waals surface area contributed by atoms with Gasteiger partial charge in [-0.15, -0.1) is 0 Å². The lowest BCUT2D eigenvalue weighted by Crippen LogP contribution is -2.44. The van der Waals surface area contributed by atoms with E-state index in [9.17, 15) is 14.4 Å². The zero-order valence-corrected chi connectivity index (χ0v) is 14.7. The second kappa shape index (κ2) is 4.99. The van der Waals surface area contributed by atoms with Gasteiger partial charge < -0.3 is 0 Å². The summed E-state index contributed by atoms with van der Waals surface area (Å²) in [6, 6.07) is 0. The summed E-state index contributed by atoms with van der Waals surface area (Å²) < 4.78 is 0. The molecular formula is C20H26O3. The van der Waals surface area contributed by atoms with Gasteiger partial charge in [0.1, 0.15) is 5.78 Å². The van der Waals surface area contributed by atoms with Crippen LogP contribution in [0.15, 0.2) is 23.3 Å². The van der Waals surface area contributed by atoms with Crippen LogP contribution in [0.1, 0.15) is 53.9 Å². The van der Waals surface area contributed by atoms with Gasteiger partial charge in [0.2, 0.25) is 0 Å². The number of rotatable bonds is 0. The predicted molar refractivity (Wildman–Crippen MR) is 88.7 cm³/mol. The van der Waals surface area contributed by atoms with E-state index < -0.39 is 5.41 Å². The quantitative estimate of drug-likeness (QED) is 0.641. The molecule has 3 aliphatic carbocycles. The van der Waals surface area contributed by atoms with Crippen LogP contribution in [0.5, 0.6) is 0 Å². The summed E-state index contributed by atoms with van der Waals surface area (Å²) in [5.41, 5.74) is 0.316. The van der Waals surface area contributed by atoms with Crippen molar-refractivity contribution in [3.63, 3.8) is 0 Å². The van der Waals surface area contributed by atoms with E-state index in [1.807, 2.05) is 26.8 Å². The minimum Gasteiger partial charge on any atom is -0.299 e. The lowest BCUT2D eigenvalue weighted by molar-refractivity contribution is -0.142. The molecule has 124 valence electrons. The van der Waals surface area contributed by atoms with Crippen molar-refractivity contribution in [1.82, 2.24) is 0 Å². The minimum atomic E-state index is -1.02. The third kappa shape index (κ3) is 2.28. The number of fused-ring (bicyclic) bond motifs is 2. The van der Waals surface area contributed by atoms with Crippen molar-refractivity contribution in [3.05, 3.63) is 23.3 Å². The van der Waals surface area contributed by atoms with Crippen LogP contribution < -0.4 is 0 Å². The molecule has 3 rings (SSSR count). The Morgan fingerprint density at radius 1 is 1.13 bits per heavy atom. The molecule has 0 saturated heterocycles. The van der Waals surface area contributed by atoms with E-state index in [1.54, 1.807) is 6.92 Å². The fourth-order valence-corrected chi connectivity index (χ4v) is 4.95. The summed E-state index contributed by atoms with van der Waals surface area (Å²) in [5.74, 6) is -0.0181. The average Bonchev–Trinajstić information content (AvgIpc) is 2.88. The Bertz CT molecular complexity index is 664. The summed E-state index contributed by atoms with van der Waals surface area (Å²) in [5, 5.41) is 0. The van der Waals surface area contributed by atoms with Crippen LogP contribution in [-0.2, 0) is 14.4 Å².